The molecule has 0 unspecified atom stereocenters. The van der Waals surface area contributed by atoms with E-state index in [9.17, 15) is 0 Å². The summed E-state index contributed by atoms with van der Waals surface area (Å²) in [5.74, 6) is 0.651. The average molecular weight is 252 g/mol. The Kier molecular flexibility index (Phi) is 3.42. The fourth-order valence-corrected chi connectivity index (χ4v) is 2.15. The van der Waals surface area contributed by atoms with Gasteiger partial charge in [-0.05, 0) is 45.0 Å². The average Bonchev–Trinajstić information content (AvgIpc) is 2.82. The minimum Gasteiger partial charge on any atom is -0.414 e. The van der Waals surface area contributed by atoms with Crippen LogP contribution in [0.3, 0.4) is 0 Å². The summed E-state index contributed by atoms with van der Waals surface area (Å²) in [5, 5.41) is 11.1. The fourth-order valence-electron chi connectivity index (χ4n) is 2.00. The molecular formula is C11H16N4OS. The maximum Gasteiger partial charge on any atom is 0.284 e. The van der Waals surface area contributed by atoms with Gasteiger partial charge in [-0.15, -0.1) is 5.10 Å². The van der Waals surface area contributed by atoms with E-state index in [1.807, 2.05) is 11.6 Å². The molecule has 92 valence electrons. The van der Waals surface area contributed by atoms with Crippen molar-refractivity contribution in [1.29, 1.82) is 0 Å². The van der Waals surface area contributed by atoms with E-state index in [0.29, 0.717) is 10.7 Å². The molecule has 0 aliphatic carbocycles. The first-order valence-electron chi connectivity index (χ1n) is 5.69. The maximum absolute atomic E-state index is 5.24. The molecule has 0 fully saturated rings. The predicted molar refractivity (Wildman–Crippen MR) is 66.5 cm³/mol. The summed E-state index contributed by atoms with van der Waals surface area (Å²) in [7, 11) is 0. The van der Waals surface area contributed by atoms with Gasteiger partial charge in [0, 0.05) is 18.7 Å². The van der Waals surface area contributed by atoms with Crippen LogP contribution in [0.1, 0.15) is 29.8 Å². The zero-order valence-electron chi connectivity index (χ0n) is 10.3. The highest BCUT2D eigenvalue weighted by Gasteiger charge is 2.11. The van der Waals surface area contributed by atoms with Gasteiger partial charge in [0.15, 0.2) is 0 Å². The lowest BCUT2D eigenvalue weighted by atomic mass is 10.1. The second-order valence-electron chi connectivity index (χ2n) is 3.97. The van der Waals surface area contributed by atoms with Crippen molar-refractivity contribution in [2.45, 2.75) is 40.2 Å². The Morgan fingerprint density at radius 3 is 2.65 bits per heavy atom. The quantitative estimate of drug-likeness (QED) is 0.849. The number of nitrogens with zero attached hydrogens (tertiary/aromatic N) is 3. The number of aromatic nitrogens is 4. The fraction of sp³-hybridized carbons (Fsp3) is 0.545. The minimum absolute atomic E-state index is 0.331. The van der Waals surface area contributed by atoms with Crippen LogP contribution in [0.4, 0.5) is 0 Å². The van der Waals surface area contributed by atoms with E-state index >= 15 is 0 Å². The summed E-state index contributed by atoms with van der Waals surface area (Å²) in [4.78, 5) is 0.331. The molecule has 2 aromatic heterocycles. The van der Waals surface area contributed by atoms with Crippen LogP contribution in [-0.4, -0.2) is 20.0 Å². The zero-order valence-corrected chi connectivity index (χ0v) is 11.1. The van der Waals surface area contributed by atoms with Gasteiger partial charge >= 0.3 is 0 Å². The van der Waals surface area contributed by atoms with Crippen LogP contribution in [0, 0.1) is 18.7 Å². The SMILES string of the molecule is CCn1nc(C)c(CCc2n[nH]c(=S)o2)c1C. The monoisotopic (exact) mass is 252 g/mol. The highest BCUT2D eigenvalue weighted by molar-refractivity contribution is 7.71. The minimum atomic E-state index is 0.331. The summed E-state index contributed by atoms with van der Waals surface area (Å²) in [6.07, 6.45) is 1.62. The van der Waals surface area contributed by atoms with Crippen LogP contribution >= 0.6 is 12.2 Å². The van der Waals surface area contributed by atoms with Crippen molar-refractivity contribution in [2.75, 3.05) is 0 Å². The van der Waals surface area contributed by atoms with Crippen LogP contribution in [0.25, 0.3) is 0 Å². The lowest BCUT2D eigenvalue weighted by Crippen LogP contribution is -2.00. The summed E-state index contributed by atoms with van der Waals surface area (Å²) < 4.78 is 7.26. The number of hydrogen-bond donors (Lipinski definition) is 1. The van der Waals surface area contributed by atoms with E-state index in [2.05, 4.69) is 29.1 Å². The van der Waals surface area contributed by atoms with Crippen LogP contribution in [-0.2, 0) is 19.4 Å². The number of aryl methyl sites for hydroxylation is 3. The molecule has 0 aromatic carbocycles. The van der Waals surface area contributed by atoms with Gasteiger partial charge in [0.25, 0.3) is 4.84 Å². The molecule has 0 atom stereocenters. The van der Waals surface area contributed by atoms with Gasteiger partial charge in [0.1, 0.15) is 0 Å². The number of aromatic amines is 1. The molecule has 2 heterocycles. The molecule has 0 aliphatic heterocycles. The molecule has 1 N–H and O–H groups in total. The van der Waals surface area contributed by atoms with Crippen LogP contribution in [0.5, 0.6) is 0 Å². The van der Waals surface area contributed by atoms with E-state index < -0.39 is 0 Å². The molecule has 0 saturated heterocycles. The van der Waals surface area contributed by atoms with E-state index in [1.165, 1.54) is 11.3 Å². The Morgan fingerprint density at radius 2 is 2.12 bits per heavy atom. The number of nitrogens with one attached hydrogen (secondary N) is 1. The van der Waals surface area contributed by atoms with Gasteiger partial charge in [0.2, 0.25) is 5.89 Å². The molecule has 17 heavy (non-hydrogen) atoms. The lowest BCUT2D eigenvalue weighted by Gasteiger charge is -2.01. The first-order chi connectivity index (χ1) is 8.11. The maximum atomic E-state index is 5.24. The third kappa shape index (κ3) is 2.46. The Hall–Kier alpha value is -1.43. The highest BCUT2D eigenvalue weighted by atomic mass is 32.1. The summed E-state index contributed by atoms with van der Waals surface area (Å²) >= 11 is 4.84. The first-order valence-corrected chi connectivity index (χ1v) is 6.10. The van der Waals surface area contributed by atoms with E-state index in [4.69, 9.17) is 16.6 Å². The van der Waals surface area contributed by atoms with Gasteiger partial charge in [-0.2, -0.15) is 5.10 Å². The Balaban J connectivity index is 2.13. The molecule has 0 amide bonds. The standard InChI is InChI=1S/C11H16N4OS/c1-4-15-8(3)9(7(2)14-15)5-6-10-12-13-11(17)16-10/h4-6H2,1-3H3,(H,13,17). The second-order valence-corrected chi connectivity index (χ2v) is 4.34. The molecule has 0 aliphatic rings. The van der Waals surface area contributed by atoms with Gasteiger partial charge in [-0.1, -0.05) is 0 Å². The Labute approximate surface area is 105 Å². The normalized spacial score (nSPS) is 11.0. The highest BCUT2D eigenvalue weighted by Crippen LogP contribution is 2.15. The van der Waals surface area contributed by atoms with Crippen molar-refractivity contribution in [2.24, 2.45) is 0 Å². The molecule has 6 heteroatoms. The van der Waals surface area contributed by atoms with Crippen molar-refractivity contribution < 1.29 is 4.42 Å². The van der Waals surface area contributed by atoms with Crippen molar-refractivity contribution in [3.8, 4) is 0 Å². The third-order valence-corrected chi connectivity index (χ3v) is 3.08. The smallest absolute Gasteiger partial charge is 0.284 e. The molecule has 0 bridgehead atoms. The largest absolute Gasteiger partial charge is 0.414 e. The third-order valence-electron chi connectivity index (χ3n) is 2.90. The van der Waals surface area contributed by atoms with Gasteiger partial charge in [-0.25, -0.2) is 5.10 Å². The van der Waals surface area contributed by atoms with Crippen molar-refractivity contribution in [3.05, 3.63) is 27.7 Å². The molecule has 0 radical (unpaired) electrons. The summed E-state index contributed by atoms with van der Waals surface area (Å²) in [6, 6.07) is 0. The van der Waals surface area contributed by atoms with Gasteiger partial charge in [0.05, 0.1) is 5.69 Å². The first kappa shape index (κ1) is 12.0. The molecule has 5 nitrogen and oxygen atoms in total. The predicted octanol–water partition coefficient (Wildman–Crippen LogP) is 2.35. The van der Waals surface area contributed by atoms with Gasteiger partial charge < -0.3 is 4.42 Å². The lowest BCUT2D eigenvalue weighted by molar-refractivity contribution is 0.479. The molecule has 0 saturated carbocycles. The summed E-state index contributed by atoms with van der Waals surface area (Å²) in [5.41, 5.74) is 3.58. The van der Waals surface area contributed by atoms with Gasteiger partial charge in [-0.3, -0.25) is 4.68 Å². The Bertz CT molecular complexity index is 566. The van der Waals surface area contributed by atoms with Crippen LogP contribution in [0.2, 0.25) is 0 Å². The number of H-pyrrole nitrogens is 1. The van der Waals surface area contributed by atoms with Crippen molar-refractivity contribution in [1.82, 2.24) is 20.0 Å². The van der Waals surface area contributed by atoms with E-state index in [-0.39, 0.29) is 0 Å². The molecule has 2 aromatic rings. The molecule has 0 spiro atoms. The number of rotatable bonds is 4. The zero-order chi connectivity index (χ0) is 12.4. The second kappa shape index (κ2) is 4.83. The van der Waals surface area contributed by atoms with Crippen molar-refractivity contribution >= 4 is 12.2 Å². The van der Waals surface area contributed by atoms with Crippen molar-refractivity contribution in [3.63, 3.8) is 0 Å². The number of hydrogen-bond acceptors (Lipinski definition) is 4. The van der Waals surface area contributed by atoms with Crippen LogP contribution in [0.15, 0.2) is 4.42 Å². The topological polar surface area (TPSA) is 59.6 Å². The summed E-state index contributed by atoms with van der Waals surface area (Å²) in [6.45, 7) is 7.12. The van der Waals surface area contributed by atoms with E-state index in [1.54, 1.807) is 0 Å². The van der Waals surface area contributed by atoms with Crippen LogP contribution < -0.4 is 0 Å². The molecule has 2 rings (SSSR count). The Morgan fingerprint density at radius 1 is 1.35 bits per heavy atom. The molecular weight excluding hydrogens is 236 g/mol. The van der Waals surface area contributed by atoms with E-state index in [0.717, 1.165) is 25.1 Å².